The Morgan fingerprint density at radius 1 is 1.09 bits per heavy atom. The van der Waals surface area contributed by atoms with Crippen LogP contribution >= 0.6 is 23.8 Å². The molecule has 160 valence electrons. The van der Waals surface area contributed by atoms with Crippen molar-refractivity contribution in [3.05, 3.63) is 83.4 Å². The number of oxazole rings is 1. The van der Waals surface area contributed by atoms with Gasteiger partial charge in [0, 0.05) is 28.4 Å². The second-order valence-corrected chi connectivity index (χ2v) is 7.60. The predicted octanol–water partition coefficient (Wildman–Crippen LogP) is 5.68. The van der Waals surface area contributed by atoms with Crippen LogP contribution in [0.1, 0.15) is 5.56 Å². The minimum absolute atomic E-state index is 0.192. The van der Waals surface area contributed by atoms with Crippen LogP contribution in [0.15, 0.2) is 77.2 Å². The van der Waals surface area contributed by atoms with E-state index in [1.807, 2.05) is 54.6 Å². The SMILES string of the molecule is COc1ccc2oc(-c3ccc(NC(=S)NC(=O)/C=C/c4ccc(Cl)cc4)cc3)nc2c1. The zero-order valence-corrected chi connectivity index (χ0v) is 18.5. The molecule has 1 heterocycles. The number of hydrogen-bond acceptors (Lipinski definition) is 5. The Morgan fingerprint density at radius 3 is 2.56 bits per heavy atom. The van der Waals surface area contributed by atoms with Gasteiger partial charge in [0.05, 0.1) is 7.11 Å². The van der Waals surface area contributed by atoms with Gasteiger partial charge in [-0.3, -0.25) is 10.1 Å². The van der Waals surface area contributed by atoms with Crippen LogP contribution in [-0.4, -0.2) is 23.1 Å². The van der Waals surface area contributed by atoms with Gasteiger partial charge in [-0.1, -0.05) is 23.7 Å². The Hall–Kier alpha value is -3.68. The minimum atomic E-state index is -0.337. The number of carbonyl (C=O) groups excluding carboxylic acids is 1. The van der Waals surface area contributed by atoms with Crippen LogP contribution in [0.3, 0.4) is 0 Å². The summed E-state index contributed by atoms with van der Waals surface area (Å²) in [5.41, 5.74) is 3.79. The van der Waals surface area contributed by atoms with Crippen molar-refractivity contribution in [3.63, 3.8) is 0 Å². The Bertz CT molecular complexity index is 1300. The number of rotatable bonds is 5. The molecule has 6 nitrogen and oxygen atoms in total. The molecular formula is C24H18ClN3O3S. The number of amides is 1. The molecule has 32 heavy (non-hydrogen) atoms. The smallest absolute Gasteiger partial charge is 0.250 e. The average Bonchev–Trinajstić information content (AvgIpc) is 3.22. The molecule has 0 unspecified atom stereocenters. The van der Waals surface area contributed by atoms with Crippen molar-refractivity contribution >= 4 is 57.7 Å². The van der Waals surface area contributed by atoms with Crippen molar-refractivity contribution in [3.8, 4) is 17.2 Å². The number of nitrogens with one attached hydrogen (secondary N) is 2. The predicted molar refractivity (Wildman–Crippen MR) is 131 cm³/mol. The van der Waals surface area contributed by atoms with Gasteiger partial charge >= 0.3 is 0 Å². The lowest BCUT2D eigenvalue weighted by atomic mass is 10.2. The van der Waals surface area contributed by atoms with Crippen LogP contribution in [0.2, 0.25) is 5.02 Å². The van der Waals surface area contributed by atoms with Crippen LogP contribution in [0, 0.1) is 0 Å². The number of benzene rings is 3. The number of aromatic nitrogens is 1. The maximum atomic E-state index is 12.1. The van der Waals surface area contributed by atoms with Crippen molar-refractivity contribution < 1.29 is 13.9 Å². The Labute approximate surface area is 194 Å². The number of hydrogen-bond donors (Lipinski definition) is 2. The lowest BCUT2D eigenvalue weighted by Gasteiger charge is -2.08. The molecule has 0 saturated heterocycles. The highest BCUT2D eigenvalue weighted by Gasteiger charge is 2.09. The highest BCUT2D eigenvalue weighted by Crippen LogP contribution is 2.27. The molecule has 0 radical (unpaired) electrons. The maximum Gasteiger partial charge on any atom is 0.250 e. The van der Waals surface area contributed by atoms with E-state index < -0.39 is 0 Å². The van der Waals surface area contributed by atoms with Gasteiger partial charge in [0.25, 0.3) is 0 Å². The molecule has 0 fully saturated rings. The first-order valence-electron chi connectivity index (χ1n) is 9.61. The number of nitrogens with zero attached hydrogens (tertiary/aromatic N) is 1. The number of methoxy groups -OCH3 is 1. The van der Waals surface area contributed by atoms with Gasteiger partial charge in [0.2, 0.25) is 11.8 Å². The monoisotopic (exact) mass is 463 g/mol. The molecule has 0 aliphatic carbocycles. The number of carbonyl (C=O) groups is 1. The molecule has 0 saturated carbocycles. The average molecular weight is 464 g/mol. The van der Waals surface area contributed by atoms with Gasteiger partial charge < -0.3 is 14.5 Å². The highest BCUT2D eigenvalue weighted by molar-refractivity contribution is 7.80. The van der Waals surface area contributed by atoms with Crippen LogP contribution in [-0.2, 0) is 4.79 Å². The molecular weight excluding hydrogens is 446 g/mol. The largest absolute Gasteiger partial charge is 0.497 e. The zero-order chi connectivity index (χ0) is 22.5. The summed E-state index contributed by atoms with van der Waals surface area (Å²) in [6, 6.07) is 20.0. The van der Waals surface area contributed by atoms with E-state index >= 15 is 0 Å². The summed E-state index contributed by atoms with van der Waals surface area (Å²) in [4.78, 5) is 16.6. The van der Waals surface area contributed by atoms with Crippen molar-refractivity contribution in [1.82, 2.24) is 10.3 Å². The minimum Gasteiger partial charge on any atom is -0.497 e. The standard InChI is InChI=1S/C24H18ClN3O3S/c1-30-19-11-12-21-20(14-19)27-23(31-21)16-5-9-18(10-6-16)26-24(32)28-22(29)13-4-15-2-7-17(25)8-3-15/h2-14H,1H3,(H2,26,28,29,32)/b13-4+. The number of halogens is 1. The van der Waals surface area contributed by atoms with Gasteiger partial charge in [0.15, 0.2) is 10.7 Å². The van der Waals surface area contributed by atoms with E-state index in [2.05, 4.69) is 15.6 Å². The van der Waals surface area contributed by atoms with Crippen LogP contribution in [0.4, 0.5) is 5.69 Å². The Morgan fingerprint density at radius 2 is 1.84 bits per heavy atom. The summed E-state index contributed by atoms with van der Waals surface area (Å²) in [7, 11) is 1.61. The summed E-state index contributed by atoms with van der Waals surface area (Å²) < 4.78 is 11.0. The van der Waals surface area contributed by atoms with Crippen molar-refractivity contribution in [2.75, 3.05) is 12.4 Å². The van der Waals surface area contributed by atoms with Crippen molar-refractivity contribution in [1.29, 1.82) is 0 Å². The van der Waals surface area contributed by atoms with E-state index in [4.69, 9.17) is 33.0 Å². The molecule has 8 heteroatoms. The topological polar surface area (TPSA) is 76.4 Å². The fraction of sp³-hybridized carbons (Fsp3) is 0.0417. The summed E-state index contributed by atoms with van der Waals surface area (Å²) in [5.74, 6) is 0.884. The third kappa shape index (κ3) is 5.32. The molecule has 1 aromatic heterocycles. The molecule has 0 aliphatic rings. The van der Waals surface area contributed by atoms with E-state index in [0.717, 1.165) is 28.1 Å². The second kappa shape index (κ2) is 9.64. The van der Waals surface area contributed by atoms with Crippen molar-refractivity contribution in [2.45, 2.75) is 0 Å². The fourth-order valence-corrected chi connectivity index (χ4v) is 3.26. The van der Waals surface area contributed by atoms with Gasteiger partial charge in [-0.15, -0.1) is 0 Å². The molecule has 0 aliphatic heterocycles. The summed E-state index contributed by atoms with van der Waals surface area (Å²) >= 11 is 11.1. The molecule has 0 bridgehead atoms. The third-order valence-electron chi connectivity index (χ3n) is 4.52. The van der Waals surface area contributed by atoms with E-state index in [-0.39, 0.29) is 11.0 Å². The van der Waals surface area contributed by atoms with Crippen molar-refractivity contribution in [2.24, 2.45) is 0 Å². The highest BCUT2D eigenvalue weighted by atomic mass is 35.5. The van der Waals surface area contributed by atoms with Crippen LogP contribution in [0.5, 0.6) is 5.75 Å². The normalized spacial score (nSPS) is 10.9. The summed E-state index contributed by atoms with van der Waals surface area (Å²) in [6.07, 6.45) is 3.08. The molecule has 4 rings (SSSR count). The van der Waals surface area contributed by atoms with E-state index in [1.54, 1.807) is 25.3 Å². The molecule has 2 N–H and O–H groups in total. The summed E-state index contributed by atoms with van der Waals surface area (Å²) in [5, 5.41) is 6.42. The fourth-order valence-electron chi connectivity index (χ4n) is 2.92. The number of thiocarbonyl (C=S) groups is 1. The molecule has 4 aromatic rings. The third-order valence-corrected chi connectivity index (χ3v) is 4.97. The van der Waals surface area contributed by atoms with Gasteiger partial charge in [-0.2, -0.15) is 0 Å². The molecule has 0 spiro atoms. The Kier molecular flexibility index (Phi) is 6.49. The van der Waals surface area contributed by atoms with E-state index in [0.29, 0.717) is 16.5 Å². The van der Waals surface area contributed by atoms with Gasteiger partial charge in [-0.05, 0) is 72.4 Å². The molecule has 0 atom stereocenters. The van der Waals surface area contributed by atoms with Crippen LogP contribution in [0.25, 0.3) is 28.6 Å². The first kappa shape index (κ1) is 21.5. The maximum absolute atomic E-state index is 12.1. The first-order chi connectivity index (χ1) is 15.5. The lowest BCUT2D eigenvalue weighted by Crippen LogP contribution is -2.32. The molecule has 1 amide bonds. The van der Waals surface area contributed by atoms with E-state index in [9.17, 15) is 4.79 Å². The van der Waals surface area contributed by atoms with Gasteiger partial charge in [0.1, 0.15) is 11.3 Å². The quantitative estimate of drug-likeness (QED) is 0.293. The Balaban J connectivity index is 1.36. The van der Waals surface area contributed by atoms with Gasteiger partial charge in [-0.25, -0.2) is 4.98 Å². The first-order valence-corrected chi connectivity index (χ1v) is 10.4. The number of ether oxygens (including phenoxy) is 1. The van der Waals surface area contributed by atoms with E-state index in [1.165, 1.54) is 6.08 Å². The molecule has 3 aromatic carbocycles. The zero-order valence-electron chi connectivity index (χ0n) is 17.0. The number of anilines is 1. The summed E-state index contributed by atoms with van der Waals surface area (Å²) in [6.45, 7) is 0. The lowest BCUT2D eigenvalue weighted by molar-refractivity contribution is -0.115. The van der Waals surface area contributed by atoms with Crippen LogP contribution < -0.4 is 15.4 Å². The number of fused-ring (bicyclic) bond motifs is 1. The second-order valence-electron chi connectivity index (χ2n) is 6.76.